The summed E-state index contributed by atoms with van der Waals surface area (Å²) in [4.78, 5) is 24.2. The van der Waals surface area contributed by atoms with Crippen molar-refractivity contribution in [1.29, 1.82) is 0 Å². The van der Waals surface area contributed by atoms with Gasteiger partial charge in [0.2, 0.25) is 10.0 Å². The molecule has 1 amide bonds. The molecule has 2 N–H and O–H groups in total. The van der Waals surface area contributed by atoms with Gasteiger partial charge in [-0.3, -0.25) is 9.59 Å². The molecule has 160 valence electrons. The number of carbonyl (C=O) groups excluding carboxylic acids is 1. The molecule has 29 heavy (non-hydrogen) atoms. The number of rotatable bonds is 6. The number of amides is 1. The van der Waals surface area contributed by atoms with Gasteiger partial charge in [0, 0.05) is 19.6 Å². The second-order valence-electron chi connectivity index (χ2n) is 7.81. The number of hydrogen-bond acceptors (Lipinski definition) is 4. The Morgan fingerprint density at radius 3 is 2.48 bits per heavy atom. The van der Waals surface area contributed by atoms with Crippen molar-refractivity contribution >= 4 is 33.5 Å². The van der Waals surface area contributed by atoms with Crippen LogP contribution in [0, 0.1) is 11.8 Å². The molecule has 1 aromatic rings. The molecule has 1 aromatic carbocycles. The third-order valence-corrected chi connectivity index (χ3v) is 8.11. The lowest BCUT2D eigenvalue weighted by Gasteiger charge is -2.28. The van der Waals surface area contributed by atoms with Gasteiger partial charge in [0.05, 0.1) is 21.4 Å². The van der Waals surface area contributed by atoms with Gasteiger partial charge in [-0.1, -0.05) is 30.9 Å². The van der Waals surface area contributed by atoms with Gasteiger partial charge in [0.1, 0.15) is 0 Å². The number of carboxylic acid groups (broad SMARTS) is 1. The van der Waals surface area contributed by atoms with E-state index in [2.05, 4.69) is 5.32 Å². The number of hydrogen-bond donors (Lipinski definition) is 2. The molecule has 1 aliphatic heterocycles. The first-order chi connectivity index (χ1) is 13.8. The van der Waals surface area contributed by atoms with Crippen LogP contribution in [0.1, 0.15) is 55.3 Å². The maximum absolute atomic E-state index is 12.9. The average molecular weight is 443 g/mol. The molecule has 7 nitrogen and oxygen atoms in total. The summed E-state index contributed by atoms with van der Waals surface area (Å²) in [6, 6.07) is 4.16. The van der Waals surface area contributed by atoms with Gasteiger partial charge >= 0.3 is 5.97 Å². The van der Waals surface area contributed by atoms with Gasteiger partial charge in [0.15, 0.2) is 0 Å². The minimum atomic E-state index is -3.67. The number of benzene rings is 1. The van der Waals surface area contributed by atoms with Crippen LogP contribution in [0.3, 0.4) is 0 Å². The molecule has 2 atom stereocenters. The van der Waals surface area contributed by atoms with Crippen LogP contribution in [0.15, 0.2) is 23.1 Å². The molecule has 0 spiro atoms. The molecule has 1 heterocycles. The smallest absolute Gasteiger partial charge is 0.306 e. The molecule has 0 bridgehead atoms. The Morgan fingerprint density at radius 1 is 1.10 bits per heavy atom. The minimum absolute atomic E-state index is 0.0510. The Morgan fingerprint density at radius 2 is 1.79 bits per heavy atom. The maximum atomic E-state index is 12.9. The summed E-state index contributed by atoms with van der Waals surface area (Å²) >= 11 is 6.16. The molecule has 0 aromatic heterocycles. The molecule has 1 saturated heterocycles. The Bertz CT molecular complexity index is 868. The van der Waals surface area contributed by atoms with Gasteiger partial charge in [-0.05, 0) is 49.8 Å². The summed E-state index contributed by atoms with van der Waals surface area (Å²) in [6.07, 6.45) is 5.84. The summed E-state index contributed by atoms with van der Waals surface area (Å²) in [5.41, 5.74) is 0.0902. The number of piperidine rings is 1. The Kier molecular flexibility index (Phi) is 7.19. The van der Waals surface area contributed by atoms with E-state index in [-0.39, 0.29) is 27.9 Å². The second-order valence-corrected chi connectivity index (χ2v) is 10.2. The lowest BCUT2D eigenvalue weighted by Crippen LogP contribution is -2.37. The first-order valence-electron chi connectivity index (χ1n) is 10.1. The SMILES string of the molecule is O=C(NC[C@@H]1CCCC[C@@H]1C(=O)O)c1cc(S(=O)(=O)N2CCCCC2)ccc1Cl. The predicted molar refractivity (Wildman–Crippen MR) is 109 cm³/mol. The highest BCUT2D eigenvalue weighted by Gasteiger charge is 2.31. The van der Waals surface area contributed by atoms with E-state index in [9.17, 15) is 23.1 Å². The molecule has 0 radical (unpaired) electrons. The van der Waals surface area contributed by atoms with Crippen molar-refractivity contribution < 1.29 is 23.1 Å². The van der Waals surface area contributed by atoms with E-state index >= 15 is 0 Å². The van der Waals surface area contributed by atoms with E-state index in [0.717, 1.165) is 38.5 Å². The van der Waals surface area contributed by atoms with Crippen LogP contribution in [0.25, 0.3) is 0 Å². The molecule has 9 heteroatoms. The number of nitrogens with one attached hydrogen (secondary N) is 1. The number of carboxylic acids is 1. The van der Waals surface area contributed by atoms with Crippen molar-refractivity contribution in [2.24, 2.45) is 11.8 Å². The van der Waals surface area contributed by atoms with Crippen LogP contribution in [-0.4, -0.2) is 49.3 Å². The topological polar surface area (TPSA) is 104 Å². The van der Waals surface area contributed by atoms with Gasteiger partial charge in [-0.15, -0.1) is 0 Å². The van der Waals surface area contributed by atoms with E-state index in [1.807, 2.05) is 0 Å². The number of carbonyl (C=O) groups is 2. The molecule has 1 saturated carbocycles. The van der Waals surface area contributed by atoms with Crippen molar-refractivity contribution in [3.05, 3.63) is 28.8 Å². The molecule has 2 fully saturated rings. The van der Waals surface area contributed by atoms with E-state index < -0.39 is 27.8 Å². The first kappa shape index (κ1) is 22.1. The van der Waals surface area contributed by atoms with Crippen LogP contribution < -0.4 is 5.32 Å². The van der Waals surface area contributed by atoms with E-state index in [4.69, 9.17) is 11.6 Å². The molecule has 2 aliphatic rings. The lowest BCUT2D eigenvalue weighted by atomic mass is 9.79. The predicted octanol–water partition coefficient (Wildman–Crippen LogP) is 3.14. The Labute approximate surface area is 176 Å². The lowest BCUT2D eigenvalue weighted by molar-refractivity contribution is -0.144. The van der Waals surface area contributed by atoms with Crippen molar-refractivity contribution in [3.63, 3.8) is 0 Å². The van der Waals surface area contributed by atoms with Crippen LogP contribution in [0.4, 0.5) is 0 Å². The summed E-state index contributed by atoms with van der Waals surface area (Å²) in [7, 11) is -3.67. The fourth-order valence-corrected chi connectivity index (χ4v) is 5.94. The monoisotopic (exact) mass is 442 g/mol. The summed E-state index contributed by atoms with van der Waals surface area (Å²) in [5.74, 6) is -1.92. The highest BCUT2D eigenvalue weighted by molar-refractivity contribution is 7.89. The summed E-state index contributed by atoms with van der Waals surface area (Å²) < 4.78 is 27.2. The normalized spacial score (nSPS) is 23.5. The fraction of sp³-hybridized carbons (Fsp3) is 0.600. The van der Waals surface area contributed by atoms with Crippen molar-refractivity contribution in [3.8, 4) is 0 Å². The molecular weight excluding hydrogens is 416 g/mol. The van der Waals surface area contributed by atoms with E-state index in [1.54, 1.807) is 0 Å². The zero-order chi connectivity index (χ0) is 21.0. The zero-order valence-electron chi connectivity index (χ0n) is 16.3. The highest BCUT2D eigenvalue weighted by atomic mass is 35.5. The second kappa shape index (κ2) is 9.45. The minimum Gasteiger partial charge on any atom is -0.481 e. The van der Waals surface area contributed by atoms with Crippen LogP contribution >= 0.6 is 11.6 Å². The Hall–Kier alpha value is -1.64. The number of aliphatic carboxylic acids is 1. The van der Waals surface area contributed by atoms with Crippen molar-refractivity contribution in [1.82, 2.24) is 9.62 Å². The summed E-state index contributed by atoms with van der Waals surface area (Å²) in [5, 5.41) is 12.3. The molecule has 3 rings (SSSR count). The average Bonchev–Trinajstić information content (AvgIpc) is 2.73. The van der Waals surface area contributed by atoms with Crippen molar-refractivity contribution in [2.45, 2.75) is 49.8 Å². The number of nitrogens with zero attached hydrogens (tertiary/aromatic N) is 1. The van der Waals surface area contributed by atoms with Gasteiger partial charge < -0.3 is 10.4 Å². The van der Waals surface area contributed by atoms with E-state index in [0.29, 0.717) is 19.5 Å². The standard InChI is InChI=1S/C20H27ClN2O5S/c21-18-9-8-15(29(27,28)23-10-4-1-5-11-23)12-17(18)19(24)22-13-14-6-2-3-7-16(14)20(25)26/h8-9,12,14,16H,1-7,10-11,13H2,(H,22,24)(H,25,26)/t14-,16-/m0/s1. The van der Waals surface area contributed by atoms with Gasteiger partial charge in [-0.25, -0.2) is 8.42 Å². The molecule has 1 aliphatic carbocycles. The van der Waals surface area contributed by atoms with Gasteiger partial charge in [-0.2, -0.15) is 4.31 Å². The first-order valence-corrected chi connectivity index (χ1v) is 11.9. The summed E-state index contributed by atoms with van der Waals surface area (Å²) in [6.45, 7) is 1.19. The number of halogens is 1. The van der Waals surface area contributed by atoms with Crippen LogP contribution in [-0.2, 0) is 14.8 Å². The van der Waals surface area contributed by atoms with Crippen molar-refractivity contribution in [2.75, 3.05) is 19.6 Å². The quantitative estimate of drug-likeness (QED) is 0.704. The van der Waals surface area contributed by atoms with Crippen LogP contribution in [0.5, 0.6) is 0 Å². The fourth-order valence-electron chi connectivity index (χ4n) is 4.19. The zero-order valence-corrected chi connectivity index (χ0v) is 17.8. The maximum Gasteiger partial charge on any atom is 0.306 e. The largest absolute Gasteiger partial charge is 0.481 e. The molecular formula is C20H27ClN2O5S. The van der Waals surface area contributed by atoms with Crippen LogP contribution in [0.2, 0.25) is 5.02 Å². The Balaban J connectivity index is 1.73. The highest BCUT2D eigenvalue weighted by Crippen LogP contribution is 2.30. The molecule has 0 unspecified atom stereocenters. The van der Waals surface area contributed by atoms with E-state index in [1.165, 1.54) is 22.5 Å². The van der Waals surface area contributed by atoms with Gasteiger partial charge in [0.25, 0.3) is 5.91 Å². The number of sulfonamides is 1. The third-order valence-electron chi connectivity index (χ3n) is 5.89. The third kappa shape index (κ3) is 5.10.